The maximum Gasteiger partial charge on any atom is 0.196 e. The number of halogens is 1. The van der Waals surface area contributed by atoms with Gasteiger partial charge in [0.15, 0.2) is 5.88 Å². The van der Waals surface area contributed by atoms with Crippen molar-refractivity contribution in [3.63, 3.8) is 0 Å². The van der Waals surface area contributed by atoms with Crippen molar-refractivity contribution in [2.75, 3.05) is 0 Å². The summed E-state index contributed by atoms with van der Waals surface area (Å²) in [6.45, 7) is 0. The van der Waals surface area contributed by atoms with Gasteiger partial charge >= 0.3 is 0 Å². The smallest absolute Gasteiger partial charge is 0.196 e. The number of H-pyrrole nitrogens is 1. The van der Waals surface area contributed by atoms with Crippen molar-refractivity contribution in [3.8, 4) is 5.88 Å². The van der Waals surface area contributed by atoms with E-state index in [1.54, 1.807) is 6.08 Å². The lowest BCUT2D eigenvalue weighted by Gasteiger charge is -1.92. The molecule has 1 heterocycles. The second-order valence-electron chi connectivity index (χ2n) is 3.11. The number of nitrogens with one attached hydrogen (secondary N) is 2. The summed E-state index contributed by atoms with van der Waals surface area (Å²) in [4.78, 5) is 2.83. The first-order valence-electron chi connectivity index (χ1n) is 4.39. The third-order valence-electron chi connectivity index (χ3n) is 2.15. The van der Waals surface area contributed by atoms with Crippen molar-refractivity contribution in [1.29, 1.82) is 5.41 Å². The van der Waals surface area contributed by atoms with Crippen LogP contribution in [0.1, 0.15) is 5.56 Å². The number of fused-ring (bicyclic) bond motifs is 1. The van der Waals surface area contributed by atoms with E-state index in [0.717, 1.165) is 17.1 Å². The van der Waals surface area contributed by atoms with Crippen LogP contribution in [0, 0.1) is 5.41 Å². The van der Waals surface area contributed by atoms with Crippen LogP contribution in [0.4, 0.5) is 0 Å². The minimum Gasteiger partial charge on any atom is -0.494 e. The molecule has 2 aromatic rings. The minimum atomic E-state index is 0.0659. The molecule has 3 nitrogen and oxygen atoms in total. The number of allylic oxidation sites excluding steroid dienone is 1. The van der Waals surface area contributed by atoms with Crippen molar-refractivity contribution in [2.24, 2.45) is 0 Å². The number of benzene rings is 1. The number of para-hydroxylation sites is 1. The number of rotatable bonds is 2. The normalized spacial score (nSPS) is 11.9. The Bertz CT molecular complexity index is 543. The van der Waals surface area contributed by atoms with Gasteiger partial charge < -0.3 is 15.5 Å². The van der Waals surface area contributed by atoms with Gasteiger partial charge in [0.25, 0.3) is 0 Å². The Hall–Kier alpha value is -1.74. The SMILES string of the molecule is N=C/C(Cl)=C\c1c(O)[nH]c2ccccc12. The van der Waals surface area contributed by atoms with Gasteiger partial charge in [0.2, 0.25) is 0 Å². The second kappa shape index (κ2) is 3.79. The van der Waals surface area contributed by atoms with Gasteiger partial charge in [0.05, 0.1) is 5.03 Å². The Kier molecular flexibility index (Phi) is 2.47. The van der Waals surface area contributed by atoms with E-state index in [0.29, 0.717) is 5.56 Å². The average Bonchev–Trinajstić information content (AvgIpc) is 2.55. The molecule has 0 spiro atoms. The molecule has 3 N–H and O–H groups in total. The summed E-state index contributed by atoms with van der Waals surface area (Å²) >= 11 is 5.72. The van der Waals surface area contributed by atoms with Crippen LogP contribution in [0.2, 0.25) is 0 Å². The van der Waals surface area contributed by atoms with Gasteiger partial charge in [-0.25, -0.2) is 0 Å². The molecule has 0 aliphatic carbocycles. The van der Waals surface area contributed by atoms with Crippen molar-refractivity contribution < 1.29 is 5.11 Å². The molecule has 0 atom stereocenters. The van der Waals surface area contributed by atoms with Crippen LogP contribution in [-0.2, 0) is 0 Å². The molecule has 1 aromatic carbocycles. The maximum atomic E-state index is 9.64. The first-order chi connectivity index (χ1) is 7.22. The lowest BCUT2D eigenvalue weighted by atomic mass is 10.1. The second-order valence-corrected chi connectivity index (χ2v) is 3.54. The van der Waals surface area contributed by atoms with Crippen LogP contribution in [0.3, 0.4) is 0 Å². The Morgan fingerprint density at radius 1 is 1.40 bits per heavy atom. The molecule has 1 aromatic heterocycles. The fourth-order valence-electron chi connectivity index (χ4n) is 1.48. The van der Waals surface area contributed by atoms with Crippen LogP contribution >= 0.6 is 11.6 Å². The minimum absolute atomic E-state index is 0.0659. The number of aromatic amines is 1. The van der Waals surface area contributed by atoms with Crippen molar-refractivity contribution >= 4 is 34.8 Å². The standard InChI is InChI=1S/C11H9ClN2O/c12-7(6-13)5-9-8-3-1-2-4-10(8)14-11(9)15/h1-6,13-15H/b7-5+,13-6?. The van der Waals surface area contributed by atoms with E-state index in [4.69, 9.17) is 17.0 Å². The summed E-state index contributed by atoms with van der Waals surface area (Å²) in [5, 5.41) is 17.8. The van der Waals surface area contributed by atoms with Crippen LogP contribution in [-0.4, -0.2) is 16.3 Å². The number of hydrogen-bond acceptors (Lipinski definition) is 2. The third kappa shape index (κ3) is 1.74. The van der Waals surface area contributed by atoms with Gasteiger partial charge in [-0.2, -0.15) is 0 Å². The van der Waals surface area contributed by atoms with Crippen molar-refractivity contribution in [3.05, 3.63) is 34.9 Å². The molecule has 4 heteroatoms. The van der Waals surface area contributed by atoms with E-state index in [1.165, 1.54) is 0 Å². The molecule has 0 saturated carbocycles. The maximum absolute atomic E-state index is 9.64. The van der Waals surface area contributed by atoms with Crippen molar-refractivity contribution in [2.45, 2.75) is 0 Å². The number of hydrogen-bond donors (Lipinski definition) is 3. The molecule has 0 fully saturated rings. The first-order valence-corrected chi connectivity index (χ1v) is 4.77. The lowest BCUT2D eigenvalue weighted by molar-refractivity contribution is 0.457. The zero-order valence-corrected chi connectivity index (χ0v) is 8.55. The van der Waals surface area contributed by atoms with Crippen molar-refractivity contribution in [1.82, 2.24) is 4.98 Å². The largest absolute Gasteiger partial charge is 0.494 e. The van der Waals surface area contributed by atoms with Crippen LogP contribution < -0.4 is 0 Å². The van der Waals surface area contributed by atoms with Crippen LogP contribution in [0.15, 0.2) is 29.3 Å². The topological polar surface area (TPSA) is 59.9 Å². The Balaban J connectivity index is 2.69. The van der Waals surface area contributed by atoms with E-state index in [2.05, 4.69) is 4.98 Å². The molecule has 2 rings (SSSR count). The van der Waals surface area contributed by atoms with E-state index >= 15 is 0 Å². The molecule has 0 bridgehead atoms. The molecule has 0 amide bonds. The summed E-state index contributed by atoms with van der Waals surface area (Å²) < 4.78 is 0. The van der Waals surface area contributed by atoms with Crippen LogP contribution in [0.25, 0.3) is 17.0 Å². The number of aromatic hydroxyl groups is 1. The fourth-order valence-corrected chi connectivity index (χ4v) is 1.58. The summed E-state index contributed by atoms with van der Waals surface area (Å²) in [5.41, 5.74) is 1.45. The fraction of sp³-hybridized carbons (Fsp3) is 0. The molecule has 0 unspecified atom stereocenters. The highest BCUT2D eigenvalue weighted by molar-refractivity contribution is 6.41. The predicted octanol–water partition coefficient (Wildman–Crippen LogP) is 3.10. The zero-order chi connectivity index (χ0) is 10.8. The first kappa shape index (κ1) is 9.80. The van der Waals surface area contributed by atoms with E-state index in [1.807, 2.05) is 24.3 Å². The molecule has 15 heavy (non-hydrogen) atoms. The highest BCUT2D eigenvalue weighted by Gasteiger charge is 2.07. The van der Waals surface area contributed by atoms with Gasteiger partial charge in [-0.05, 0) is 12.1 Å². The molecule has 0 saturated heterocycles. The summed E-state index contributed by atoms with van der Waals surface area (Å²) in [5.74, 6) is 0.0659. The van der Waals surface area contributed by atoms with Gasteiger partial charge in [-0.15, -0.1) is 0 Å². The Morgan fingerprint density at radius 2 is 2.13 bits per heavy atom. The molecule has 0 aliphatic heterocycles. The highest BCUT2D eigenvalue weighted by atomic mass is 35.5. The van der Waals surface area contributed by atoms with E-state index in [-0.39, 0.29) is 10.9 Å². The predicted molar refractivity (Wildman–Crippen MR) is 62.6 cm³/mol. The van der Waals surface area contributed by atoms with Gasteiger partial charge in [-0.1, -0.05) is 29.8 Å². The highest BCUT2D eigenvalue weighted by Crippen LogP contribution is 2.29. The van der Waals surface area contributed by atoms with Gasteiger partial charge in [0, 0.05) is 22.7 Å². The zero-order valence-electron chi connectivity index (χ0n) is 7.79. The number of aromatic nitrogens is 1. The monoisotopic (exact) mass is 220 g/mol. The van der Waals surface area contributed by atoms with E-state index < -0.39 is 0 Å². The quantitative estimate of drug-likeness (QED) is 0.670. The Labute approximate surface area is 91.5 Å². The molecule has 76 valence electrons. The molecular formula is C11H9ClN2O. The summed E-state index contributed by atoms with van der Waals surface area (Å²) in [6, 6.07) is 7.51. The molecule has 0 radical (unpaired) electrons. The summed E-state index contributed by atoms with van der Waals surface area (Å²) in [6.07, 6.45) is 2.59. The van der Waals surface area contributed by atoms with Gasteiger partial charge in [-0.3, -0.25) is 0 Å². The lowest BCUT2D eigenvalue weighted by Crippen LogP contribution is -1.74. The molecular weight excluding hydrogens is 212 g/mol. The Morgan fingerprint density at radius 3 is 2.87 bits per heavy atom. The average molecular weight is 221 g/mol. The van der Waals surface area contributed by atoms with Crippen LogP contribution in [0.5, 0.6) is 5.88 Å². The third-order valence-corrected chi connectivity index (χ3v) is 2.36. The van der Waals surface area contributed by atoms with Gasteiger partial charge in [0.1, 0.15) is 0 Å². The summed E-state index contributed by atoms with van der Waals surface area (Å²) in [7, 11) is 0. The molecule has 0 aliphatic rings. The van der Waals surface area contributed by atoms with E-state index in [9.17, 15) is 5.11 Å².